The van der Waals surface area contributed by atoms with E-state index in [0.29, 0.717) is 0 Å². The molecule has 2 unspecified atom stereocenters. The topological polar surface area (TPSA) is 63.3 Å². The third kappa shape index (κ3) is 14.2. The average Bonchev–Trinajstić information content (AvgIpc) is 2.63. The molecule has 3 N–H and O–H groups in total. The van der Waals surface area contributed by atoms with Gasteiger partial charge in [-0.15, -0.1) is 11.8 Å². The first-order valence-corrected chi connectivity index (χ1v) is 11.0. The van der Waals surface area contributed by atoms with Crippen molar-refractivity contribution in [2.24, 2.45) is 17.6 Å². The molecule has 26 heavy (non-hydrogen) atoms. The van der Waals surface area contributed by atoms with Crippen LogP contribution in [-0.4, -0.2) is 17.6 Å². The van der Waals surface area contributed by atoms with Crippen molar-refractivity contribution in [3.05, 3.63) is 0 Å². The molecule has 1 amide bonds. The number of aliphatic hydroxyl groups excluding tert-OH is 1. The van der Waals surface area contributed by atoms with Gasteiger partial charge in [0.05, 0.1) is 0 Å². The Morgan fingerprint density at radius 3 is 1.85 bits per heavy atom. The maximum Gasteiger partial charge on any atom is 0.220 e. The molecule has 0 fully saturated rings. The Kier molecular flexibility index (Phi) is 18.0. The summed E-state index contributed by atoms with van der Waals surface area (Å²) in [4.78, 5) is 11.6. The molecule has 3 nitrogen and oxygen atoms in total. The lowest BCUT2D eigenvalue weighted by Gasteiger charge is -2.22. The number of nitrogens with two attached hydrogens (primary N) is 1. The summed E-state index contributed by atoms with van der Waals surface area (Å²) in [7, 11) is 0. The van der Waals surface area contributed by atoms with Gasteiger partial charge in [-0.25, -0.2) is 0 Å². The maximum atomic E-state index is 11.6. The molecule has 3 heteroatoms. The molecule has 0 radical (unpaired) electrons. The van der Waals surface area contributed by atoms with E-state index in [2.05, 4.69) is 25.7 Å². The molecule has 0 bridgehead atoms. The van der Waals surface area contributed by atoms with Crippen molar-refractivity contribution in [3.63, 3.8) is 0 Å². The Labute approximate surface area is 162 Å². The highest BCUT2D eigenvalue weighted by Gasteiger charge is 2.24. The first kappa shape index (κ1) is 25.0. The number of hydrogen-bond donors (Lipinski definition) is 2. The molecule has 0 aliphatic carbocycles. The molecule has 0 heterocycles. The van der Waals surface area contributed by atoms with Crippen molar-refractivity contribution < 1.29 is 9.90 Å². The summed E-state index contributed by atoms with van der Waals surface area (Å²) in [6.07, 6.45) is 17.1. The van der Waals surface area contributed by atoms with Gasteiger partial charge in [0.25, 0.3) is 0 Å². The van der Waals surface area contributed by atoms with Gasteiger partial charge in [0.15, 0.2) is 0 Å². The standard InChI is InChI=1S/C23H43NO2/c1-3-5-6-7-8-9-10-11-12-13-14-15-16-17-19-22(23(24)26)21(20-25)18-4-2/h21-22,25H,3-10,13-20H2,1-2H3,(H2,24,26). The van der Waals surface area contributed by atoms with Crippen LogP contribution >= 0.6 is 0 Å². The van der Waals surface area contributed by atoms with Crippen molar-refractivity contribution in [2.45, 2.75) is 110 Å². The minimum absolute atomic E-state index is 0.0327. The average molecular weight is 366 g/mol. The van der Waals surface area contributed by atoms with Crippen molar-refractivity contribution in [1.82, 2.24) is 0 Å². The smallest absolute Gasteiger partial charge is 0.220 e. The van der Waals surface area contributed by atoms with Gasteiger partial charge in [-0.1, -0.05) is 71.6 Å². The van der Waals surface area contributed by atoms with Gasteiger partial charge in [-0.3, -0.25) is 4.79 Å². The third-order valence-electron chi connectivity index (χ3n) is 5.18. The Bertz CT molecular complexity index is 383. The van der Waals surface area contributed by atoms with E-state index in [1.807, 2.05) is 0 Å². The maximum absolute atomic E-state index is 11.6. The molecule has 2 atom stereocenters. The van der Waals surface area contributed by atoms with E-state index in [1.54, 1.807) is 0 Å². The van der Waals surface area contributed by atoms with Crippen LogP contribution in [0.1, 0.15) is 110 Å². The fourth-order valence-electron chi connectivity index (χ4n) is 3.50. The van der Waals surface area contributed by atoms with Crippen LogP contribution in [0.4, 0.5) is 0 Å². The van der Waals surface area contributed by atoms with Crippen LogP contribution in [0.25, 0.3) is 0 Å². The van der Waals surface area contributed by atoms with E-state index in [9.17, 15) is 9.90 Å². The second-order valence-electron chi connectivity index (χ2n) is 7.56. The van der Waals surface area contributed by atoms with Crippen molar-refractivity contribution in [1.29, 1.82) is 0 Å². The van der Waals surface area contributed by atoms with Gasteiger partial charge in [-0.05, 0) is 31.6 Å². The normalized spacial score (nSPS) is 13.0. The van der Waals surface area contributed by atoms with E-state index < -0.39 is 0 Å². The molecule has 0 spiro atoms. The minimum atomic E-state index is -0.252. The summed E-state index contributed by atoms with van der Waals surface area (Å²) in [5.41, 5.74) is 5.53. The highest BCUT2D eigenvalue weighted by molar-refractivity contribution is 5.76. The van der Waals surface area contributed by atoms with Gasteiger partial charge >= 0.3 is 0 Å². The minimum Gasteiger partial charge on any atom is -0.396 e. The Hall–Kier alpha value is -1.01. The zero-order valence-corrected chi connectivity index (χ0v) is 17.4. The van der Waals surface area contributed by atoms with E-state index in [0.717, 1.165) is 57.8 Å². The summed E-state index contributed by atoms with van der Waals surface area (Å²) in [6.45, 7) is 4.39. The second kappa shape index (κ2) is 18.8. The van der Waals surface area contributed by atoms with Crippen LogP contribution in [-0.2, 0) is 4.79 Å². The number of aliphatic hydroxyl groups is 1. The van der Waals surface area contributed by atoms with Gasteiger partial charge in [0.2, 0.25) is 5.91 Å². The summed E-state index contributed by atoms with van der Waals surface area (Å²) in [5.74, 6) is 6.20. The highest BCUT2D eigenvalue weighted by Crippen LogP contribution is 2.23. The molecule has 0 aliphatic heterocycles. The zero-order chi connectivity index (χ0) is 19.5. The highest BCUT2D eigenvalue weighted by atomic mass is 16.3. The second-order valence-corrected chi connectivity index (χ2v) is 7.56. The summed E-state index contributed by atoms with van der Waals surface area (Å²) in [5, 5.41) is 9.47. The van der Waals surface area contributed by atoms with Crippen LogP contribution in [0.5, 0.6) is 0 Å². The number of amides is 1. The Balaban J connectivity index is 3.65. The van der Waals surface area contributed by atoms with E-state index >= 15 is 0 Å². The van der Waals surface area contributed by atoms with Gasteiger partial charge < -0.3 is 10.8 Å². The quantitative estimate of drug-likeness (QED) is 0.261. The van der Waals surface area contributed by atoms with Crippen molar-refractivity contribution >= 4 is 5.91 Å². The molecule has 0 aliphatic rings. The third-order valence-corrected chi connectivity index (χ3v) is 5.18. The lowest BCUT2D eigenvalue weighted by atomic mass is 9.84. The van der Waals surface area contributed by atoms with Crippen LogP contribution in [0, 0.1) is 23.7 Å². The van der Waals surface area contributed by atoms with Crippen molar-refractivity contribution in [3.8, 4) is 11.8 Å². The molecule has 0 aromatic heterocycles. The molecule has 0 rings (SSSR count). The van der Waals surface area contributed by atoms with E-state index in [-0.39, 0.29) is 24.3 Å². The number of rotatable bonds is 17. The first-order valence-electron chi connectivity index (χ1n) is 11.0. The molecule has 0 aromatic carbocycles. The fraction of sp³-hybridized carbons (Fsp3) is 0.870. The van der Waals surface area contributed by atoms with Crippen LogP contribution in [0.2, 0.25) is 0 Å². The lowest BCUT2D eigenvalue weighted by molar-refractivity contribution is -0.124. The van der Waals surface area contributed by atoms with Gasteiger partial charge in [0, 0.05) is 25.4 Å². The Morgan fingerprint density at radius 2 is 1.35 bits per heavy atom. The summed E-state index contributed by atoms with van der Waals surface area (Å²) < 4.78 is 0. The monoisotopic (exact) mass is 365 g/mol. The van der Waals surface area contributed by atoms with E-state index in [4.69, 9.17) is 5.73 Å². The first-order chi connectivity index (χ1) is 12.7. The zero-order valence-electron chi connectivity index (χ0n) is 17.4. The fourth-order valence-corrected chi connectivity index (χ4v) is 3.50. The Morgan fingerprint density at radius 1 is 0.808 bits per heavy atom. The van der Waals surface area contributed by atoms with Gasteiger partial charge in [-0.2, -0.15) is 0 Å². The van der Waals surface area contributed by atoms with Crippen LogP contribution < -0.4 is 5.73 Å². The molecule has 0 aromatic rings. The molecule has 0 saturated heterocycles. The van der Waals surface area contributed by atoms with Crippen molar-refractivity contribution in [2.75, 3.05) is 6.61 Å². The number of unbranched alkanes of at least 4 members (excludes halogenated alkanes) is 10. The van der Waals surface area contributed by atoms with Crippen LogP contribution in [0.15, 0.2) is 0 Å². The predicted octanol–water partition coefficient (Wildman–Crippen LogP) is 5.59. The largest absolute Gasteiger partial charge is 0.396 e. The number of carbonyl (C=O) groups excluding carboxylic acids is 1. The number of primary amides is 1. The SMILES string of the molecule is CCCCCCCCC#CCCCCCCC(C(N)=O)C(CO)CCC. The summed E-state index contributed by atoms with van der Waals surface area (Å²) in [6, 6.07) is 0. The van der Waals surface area contributed by atoms with E-state index in [1.165, 1.54) is 38.5 Å². The predicted molar refractivity (Wildman–Crippen MR) is 112 cm³/mol. The molecular formula is C23H43NO2. The number of hydrogen-bond acceptors (Lipinski definition) is 2. The van der Waals surface area contributed by atoms with Crippen LogP contribution in [0.3, 0.4) is 0 Å². The molecule has 152 valence electrons. The molecule has 0 saturated carbocycles. The molecular weight excluding hydrogens is 322 g/mol. The van der Waals surface area contributed by atoms with Gasteiger partial charge in [0.1, 0.15) is 0 Å². The summed E-state index contributed by atoms with van der Waals surface area (Å²) >= 11 is 0. The number of carbonyl (C=O) groups is 1. The lowest BCUT2D eigenvalue weighted by Crippen LogP contribution is -2.32.